The lowest BCUT2D eigenvalue weighted by Gasteiger charge is -2.30. The van der Waals surface area contributed by atoms with E-state index in [1.54, 1.807) is 16.3 Å². The number of amides is 1. The van der Waals surface area contributed by atoms with E-state index in [1.807, 2.05) is 12.1 Å². The Hall–Kier alpha value is -2.59. The number of rotatable bonds is 6. The smallest absolute Gasteiger partial charge is 0.284 e. The fourth-order valence-electron chi connectivity index (χ4n) is 5.98. The number of carbonyl (C=O) groups excluding carboxylic acids is 1. The minimum Gasteiger partial charge on any atom is -0.374 e. The number of aromatic nitrogens is 3. The zero-order valence-electron chi connectivity index (χ0n) is 20.5. The van der Waals surface area contributed by atoms with Crippen molar-refractivity contribution in [2.24, 2.45) is 11.8 Å². The van der Waals surface area contributed by atoms with Crippen LogP contribution in [0.25, 0.3) is 10.2 Å². The number of hydrogen-bond acceptors (Lipinski definition) is 6. The van der Waals surface area contributed by atoms with Crippen molar-refractivity contribution in [3.05, 3.63) is 35.0 Å². The summed E-state index contributed by atoms with van der Waals surface area (Å²) < 4.78 is 36.0. The Labute approximate surface area is 212 Å². The van der Waals surface area contributed by atoms with Crippen LogP contribution >= 0.6 is 11.3 Å². The van der Waals surface area contributed by atoms with E-state index in [2.05, 4.69) is 29.2 Å². The quantitative estimate of drug-likeness (QED) is 0.433. The van der Waals surface area contributed by atoms with Gasteiger partial charge in [0.1, 0.15) is 5.82 Å². The molecule has 3 fully saturated rings. The van der Waals surface area contributed by atoms with Gasteiger partial charge in [-0.25, -0.2) is 13.8 Å². The number of nitrogens with one attached hydrogen (secondary N) is 1. The van der Waals surface area contributed by atoms with Gasteiger partial charge in [0.15, 0.2) is 5.69 Å². The maximum absolute atomic E-state index is 13.9. The molecule has 0 radical (unpaired) electrons. The average Bonchev–Trinajstić information content (AvgIpc) is 3.66. The molecule has 36 heavy (non-hydrogen) atoms. The molecule has 0 spiro atoms. The summed E-state index contributed by atoms with van der Waals surface area (Å²) >= 11 is 1.42. The van der Waals surface area contributed by atoms with Crippen LogP contribution in [-0.2, 0) is 4.74 Å². The van der Waals surface area contributed by atoms with E-state index in [4.69, 9.17) is 9.72 Å². The van der Waals surface area contributed by atoms with Crippen LogP contribution in [0.5, 0.6) is 0 Å². The average molecular weight is 516 g/mol. The highest BCUT2D eigenvalue weighted by molar-refractivity contribution is 7.17. The molecule has 192 valence electrons. The van der Waals surface area contributed by atoms with Gasteiger partial charge in [0.25, 0.3) is 12.3 Å². The number of alkyl halides is 2. The summed E-state index contributed by atoms with van der Waals surface area (Å²) in [5, 5.41) is 8.67. The van der Waals surface area contributed by atoms with Crippen LogP contribution in [-0.4, -0.2) is 46.0 Å². The van der Waals surface area contributed by atoms with Gasteiger partial charge < -0.3 is 15.0 Å². The number of carbonyl (C=O) groups is 1. The first-order valence-electron chi connectivity index (χ1n) is 12.8. The summed E-state index contributed by atoms with van der Waals surface area (Å²) in [4.78, 5) is 20.3. The molecule has 7 nitrogen and oxygen atoms in total. The zero-order valence-corrected chi connectivity index (χ0v) is 21.3. The Morgan fingerprint density at radius 1 is 1.19 bits per heavy atom. The molecule has 1 N–H and O–H groups in total. The molecule has 6 rings (SSSR count). The van der Waals surface area contributed by atoms with Gasteiger partial charge in [-0.3, -0.25) is 9.48 Å². The van der Waals surface area contributed by atoms with Crippen molar-refractivity contribution in [3.8, 4) is 0 Å². The van der Waals surface area contributed by atoms with Crippen molar-refractivity contribution in [2.45, 2.75) is 70.6 Å². The molecule has 10 heteroatoms. The number of thiophene rings is 1. The van der Waals surface area contributed by atoms with Gasteiger partial charge in [-0.2, -0.15) is 5.10 Å². The number of pyridine rings is 1. The molecule has 2 saturated heterocycles. The summed E-state index contributed by atoms with van der Waals surface area (Å²) in [6, 6.07) is 4.34. The van der Waals surface area contributed by atoms with Crippen LogP contribution in [0.15, 0.2) is 23.7 Å². The molecule has 3 aromatic rings. The van der Waals surface area contributed by atoms with Gasteiger partial charge in [-0.15, -0.1) is 11.3 Å². The van der Waals surface area contributed by atoms with Crippen LogP contribution < -0.4 is 10.2 Å². The van der Waals surface area contributed by atoms with Gasteiger partial charge in [-0.05, 0) is 56.1 Å². The van der Waals surface area contributed by atoms with Crippen molar-refractivity contribution >= 4 is 39.0 Å². The Kier molecular flexibility index (Phi) is 6.19. The number of halogens is 2. The monoisotopic (exact) mass is 515 g/mol. The largest absolute Gasteiger partial charge is 0.374 e. The number of fused-ring (bicyclic) bond motifs is 3. The lowest BCUT2D eigenvalue weighted by atomic mass is 9.80. The maximum atomic E-state index is 13.9. The fraction of sp³-hybridized carbons (Fsp3) is 0.577. The van der Waals surface area contributed by atoms with Crippen molar-refractivity contribution in [1.82, 2.24) is 14.8 Å². The third-order valence-electron chi connectivity index (χ3n) is 8.12. The van der Waals surface area contributed by atoms with Gasteiger partial charge in [0.05, 0.1) is 46.3 Å². The minimum atomic E-state index is -2.77. The SMILES string of the molecule is CC(C)C1CCC(n2cc(NC(=O)c3csc4ccc(N5C[C@H]6C[C@@H]5CO6)nc34)c(C(F)F)n2)CC1. The normalized spacial score (nSPS) is 26.0. The molecule has 1 amide bonds. The van der Waals surface area contributed by atoms with Gasteiger partial charge >= 0.3 is 0 Å². The fourth-order valence-corrected chi connectivity index (χ4v) is 6.85. The van der Waals surface area contributed by atoms with Crippen molar-refractivity contribution < 1.29 is 18.3 Å². The summed E-state index contributed by atoms with van der Waals surface area (Å²) in [6.45, 7) is 5.96. The Balaban J connectivity index is 1.23. The van der Waals surface area contributed by atoms with Crippen LogP contribution in [0.2, 0.25) is 0 Å². The predicted molar refractivity (Wildman–Crippen MR) is 136 cm³/mol. The van der Waals surface area contributed by atoms with Gasteiger partial charge in [0, 0.05) is 18.1 Å². The second kappa shape index (κ2) is 9.37. The second-order valence-electron chi connectivity index (χ2n) is 10.6. The molecule has 2 atom stereocenters. The van der Waals surface area contributed by atoms with E-state index in [0.717, 1.165) is 49.2 Å². The molecule has 0 aromatic carbocycles. The van der Waals surface area contributed by atoms with Crippen molar-refractivity contribution in [1.29, 1.82) is 0 Å². The van der Waals surface area contributed by atoms with E-state index < -0.39 is 12.3 Å². The highest BCUT2D eigenvalue weighted by Gasteiger charge is 2.39. The van der Waals surface area contributed by atoms with Crippen molar-refractivity contribution in [2.75, 3.05) is 23.4 Å². The topological polar surface area (TPSA) is 72.3 Å². The number of anilines is 2. The summed E-state index contributed by atoms with van der Waals surface area (Å²) in [5.41, 5.74) is 0.681. The lowest BCUT2D eigenvalue weighted by molar-refractivity contribution is 0.0988. The summed E-state index contributed by atoms with van der Waals surface area (Å²) in [6.07, 6.45) is 3.98. The number of morpholine rings is 1. The second-order valence-corrected chi connectivity index (χ2v) is 11.5. The molecular formula is C26H31F2N5O2S. The number of nitrogens with zero attached hydrogens (tertiary/aromatic N) is 4. The Morgan fingerprint density at radius 2 is 2.00 bits per heavy atom. The van der Waals surface area contributed by atoms with Crippen LogP contribution in [0.4, 0.5) is 20.3 Å². The van der Waals surface area contributed by atoms with E-state index in [1.165, 1.54) is 11.3 Å². The van der Waals surface area contributed by atoms with Gasteiger partial charge in [-0.1, -0.05) is 13.8 Å². The van der Waals surface area contributed by atoms with Crippen LogP contribution in [0, 0.1) is 11.8 Å². The predicted octanol–water partition coefficient (Wildman–Crippen LogP) is 6.05. The standard InChI is InChI=1S/C26H31F2N5O2S/c1-14(2)15-3-5-16(6-4-15)33-11-20(24(31-33)25(27)28)29-26(34)19-13-36-21-7-8-22(30-23(19)21)32-10-18-9-17(32)12-35-18/h7-8,11,13-18,25H,3-6,9-10,12H2,1-2H3,(H,29,34)/t15?,16?,17-,18-/m1/s1. The molecule has 3 aromatic heterocycles. The first kappa shape index (κ1) is 23.8. The number of ether oxygens (including phenoxy) is 1. The molecule has 1 saturated carbocycles. The molecule has 2 aliphatic heterocycles. The van der Waals surface area contributed by atoms with E-state index in [9.17, 15) is 13.6 Å². The molecule has 2 bridgehead atoms. The molecule has 0 unspecified atom stereocenters. The first-order valence-corrected chi connectivity index (χ1v) is 13.7. The highest BCUT2D eigenvalue weighted by atomic mass is 32.1. The van der Waals surface area contributed by atoms with E-state index >= 15 is 0 Å². The molecule has 1 aliphatic carbocycles. The third kappa shape index (κ3) is 4.28. The van der Waals surface area contributed by atoms with Crippen LogP contribution in [0.1, 0.15) is 74.5 Å². The van der Waals surface area contributed by atoms with Crippen LogP contribution in [0.3, 0.4) is 0 Å². The zero-order chi connectivity index (χ0) is 25.0. The Morgan fingerprint density at radius 3 is 2.67 bits per heavy atom. The summed E-state index contributed by atoms with van der Waals surface area (Å²) in [7, 11) is 0. The molecule has 5 heterocycles. The van der Waals surface area contributed by atoms with Gasteiger partial charge in [0.2, 0.25) is 0 Å². The minimum absolute atomic E-state index is 0.0745. The first-order chi connectivity index (χ1) is 17.4. The summed E-state index contributed by atoms with van der Waals surface area (Å²) in [5.74, 6) is 1.67. The molecule has 3 aliphatic rings. The van der Waals surface area contributed by atoms with E-state index in [-0.39, 0.29) is 23.5 Å². The van der Waals surface area contributed by atoms with E-state index in [0.29, 0.717) is 35.6 Å². The third-order valence-corrected chi connectivity index (χ3v) is 9.05. The Bertz CT molecular complexity index is 1270. The number of hydrogen-bond donors (Lipinski definition) is 1. The lowest BCUT2D eigenvalue weighted by Crippen LogP contribution is -2.37. The highest BCUT2D eigenvalue weighted by Crippen LogP contribution is 2.38. The van der Waals surface area contributed by atoms with Crippen molar-refractivity contribution in [3.63, 3.8) is 0 Å². The maximum Gasteiger partial charge on any atom is 0.284 e. The molecular weight excluding hydrogens is 484 g/mol.